The fraction of sp³-hybridized carbons (Fsp3) is 0.833. The summed E-state index contributed by atoms with van der Waals surface area (Å²) in [5.74, 6) is -0.836. The molecule has 5 nitrogen and oxygen atoms in total. The molecule has 17 heavy (non-hydrogen) atoms. The largest absolute Gasteiger partial charge is 0.481 e. The van der Waals surface area contributed by atoms with Crippen LogP contribution < -0.4 is 5.73 Å². The van der Waals surface area contributed by atoms with E-state index in [-0.39, 0.29) is 30.8 Å². The van der Waals surface area contributed by atoms with Crippen LogP contribution in [-0.2, 0) is 9.59 Å². The van der Waals surface area contributed by atoms with Crippen LogP contribution in [0.25, 0.3) is 0 Å². The van der Waals surface area contributed by atoms with E-state index in [1.807, 2.05) is 13.8 Å². The Balaban J connectivity index is 2.57. The summed E-state index contributed by atoms with van der Waals surface area (Å²) in [5, 5.41) is 8.67. The topological polar surface area (TPSA) is 83.6 Å². The van der Waals surface area contributed by atoms with Crippen molar-refractivity contribution < 1.29 is 14.7 Å². The quantitative estimate of drug-likeness (QED) is 0.692. The fourth-order valence-corrected chi connectivity index (χ4v) is 1.76. The third-order valence-corrected chi connectivity index (χ3v) is 3.38. The number of hydrogen-bond donors (Lipinski definition) is 2. The number of carboxylic acids is 1. The molecule has 0 spiro atoms. The van der Waals surface area contributed by atoms with E-state index in [1.54, 1.807) is 4.90 Å². The van der Waals surface area contributed by atoms with Crippen LogP contribution >= 0.6 is 0 Å². The monoisotopic (exact) mass is 242 g/mol. The first-order valence-corrected chi connectivity index (χ1v) is 6.25. The second kappa shape index (κ2) is 6.00. The molecular weight excluding hydrogens is 220 g/mol. The smallest absolute Gasteiger partial charge is 0.305 e. The zero-order valence-corrected chi connectivity index (χ0v) is 10.6. The van der Waals surface area contributed by atoms with Crippen LogP contribution in [-0.4, -0.2) is 40.5 Å². The molecule has 98 valence electrons. The highest BCUT2D eigenvalue weighted by molar-refractivity contribution is 5.83. The van der Waals surface area contributed by atoms with Gasteiger partial charge in [-0.2, -0.15) is 0 Å². The van der Waals surface area contributed by atoms with E-state index in [1.165, 1.54) is 0 Å². The number of aliphatic carboxylic acids is 1. The average Bonchev–Trinajstić information content (AvgIpc) is 3.10. The summed E-state index contributed by atoms with van der Waals surface area (Å²) in [6.07, 6.45) is 2.79. The van der Waals surface area contributed by atoms with Crippen molar-refractivity contribution in [3.8, 4) is 0 Å². The number of amides is 1. The minimum Gasteiger partial charge on any atom is -0.481 e. The van der Waals surface area contributed by atoms with Gasteiger partial charge >= 0.3 is 5.97 Å². The number of rotatable bonds is 7. The first kappa shape index (κ1) is 14.0. The van der Waals surface area contributed by atoms with E-state index in [9.17, 15) is 9.59 Å². The normalized spacial score (nSPS) is 18.5. The predicted molar refractivity (Wildman–Crippen MR) is 64.4 cm³/mol. The first-order chi connectivity index (χ1) is 7.97. The van der Waals surface area contributed by atoms with Crippen LogP contribution in [0.4, 0.5) is 0 Å². The van der Waals surface area contributed by atoms with E-state index < -0.39 is 12.0 Å². The van der Waals surface area contributed by atoms with Gasteiger partial charge in [-0.15, -0.1) is 0 Å². The summed E-state index contributed by atoms with van der Waals surface area (Å²) in [7, 11) is 0. The molecule has 0 bridgehead atoms. The molecule has 1 fully saturated rings. The Morgan fingerprint density at radius 1 is 1.47 bits per heavy atom. The Bertz CT molecular complexity index is 289. The van der Waals surface area contributed by atoms with Gasteiger partial charge in [0.15, 0.2) is 0 Å². The van der Waals surface area contributed by atoms with Crippen molar-refractivity contribution in [2.75, 3.05) is 6.54 Å². The average molecular weight is 242 g/mol. The second-order valence-corrected chi connectivity index (χ2v) is 4.82. The minimum atomic E-state index is -0.874. The molecule has 5 heteroatoms. The van der Waals surface area contributed by atoms with E-state index in [2.05, 4.69) is 0 Å². The van der Waals surface area contributed by atoms with Crippen molar-refractivity contribution in [1.29, 1.82) is 0 Å². The van der Waals surface area contributed by atoms with Gasteiger partial charge in [0.2, 0.25) is 5.91 Å². The zero-order chi connectivity index (χ0) is 13.0. The molecular formula is C12H22N2O3. The molecule has 3 N–H and O–H groups in total. The molecule has 0 aliphatic heterocycles. The third kappa shape index (κ3) is 4.00. The molecule has 1 aliphatic rings. The standard InChI is InChI=1S/C12H22N2O3/c1-3-8(2)11(13)12(17)14(9-4-5-9)7-6-10(15)16/h8-9,11H,3-7,13H2,1-2H3,(H,15,16). The molecule has 0 aromatic carbocycles. The van der Waals surface area contributed by atoms with E-state index in [0.717, 1.165) is 19.3 Å². The predicted octanol–water partition coefficient (Wildman–Crippen LogP) is 0.826. The molecule has 0 heterocycles. The van der Waals surface area contributed by atoms with Gasteiger partial charge in [0.25, 0.3) is 0 Å². The Labute approximate surface area is 102 Å². The van der Waals surface area contributed by atoms with Gasteiger partial charge < -0.3 is 15.7 Å². The van der Waals surface area contributed by atoms with Crippen LogP contribution in [0, 0.1) is 5.92 Å². The van der Waals surface area contributed by atoms with Gasteiger partial charge in [0.05, 0.1) is 12.5 Å². The van der Waals surface area contributed by atoms with Gasteiger partial charge in [-0.25, -0.2) is 0 Å². The molecule has 1 rings (SSSR count). The van der Waals surface area contributed by atoms with Crippen LogP contribution in [0.2, 0.25) is 0 Å². The van der Waals surface area contributed by atoms with Crippen LogP contribution in [0.3, 0.4) is 0 Å². The summed E-state index contributed by atoms with van der Waals surface area (Å²) in [6.45, 7) is 4.23. The van der Waals surface area contributed by atoms with Crippen molar-refractivity contribution in [1.82, 2.24) is 4.90 Å². The van der Waals surface area contributed by atoms with Crippen molar-refractivity contribution in [3.63, 3.8) is 0 Å². The molecule has 1 saturated carbocycles. The Morgan fingerprint density at radius 3 is 2.47 bits per heavy atom. The van der Waals surface area contributed by atoms with Gasteiger partial charge in [0.1, 0.15) is 0 Å². The van der Waals surface area contributed by atoms with Crippen molar-refractivity contribution in [3.05, 3.63) is 0 Å². The van der Waals surface area contributed by atoms with Crippen molar-refractivity contribution >= 4 is 11.9 Å². The Kier molecular flexibility index (Phi) is 4.93. The lowest BCUT2D eigenvalue weighted by Crippen LogP contribution is -2.48. The van der Waals surface area contributed by atoms with Gasteiger partial charge in [-0.3, -0.25) is 9.59 Å². The molecule has 0 saturated heterocycles. The van der Waals surface area contributed by atoms with Gasteiger partial charge in [-0.1, -0.05) is 20.3 Å². The van der Waals surface area contributed by atoms with Crippen molar-refractivity contribution in [2.45, 2.75) is 51.6 Å². The van der Waals surface area contributed by atoms with Crippen LogP contribution in [0.5, 0.6) is 0 Å². The summed E-state index contributed by atoms with van der Waals surface area (Å²) in [4.78, 5) is 24.4. The zero-order valence-electron chi connectivity index (χ0n) is 10.6. The number of carboxylic acid groups (broad SMARTS) is 1. The van der Waals surface area contributed by atoms with E-state index >= 15 is 0 Å². The van der Waals surface area contributed by atoms with E-state index in [4.69, 9.17) is 10.8 Å². The summed E-state index contributed by atoms with van der Waals surface area (Å²) in [5.41, 5.74) is 5.91. The maximum absolute atomic E-state index is 12.1. The van der Waals surface area contributed by atoms with Crippen LogP contribution in [0.1, 0.15) is 39.5 Å². The number of nitrogens with zero attached hydrogens (tertiary/aromatic N) is 1. The third-order valence-electron chi connectivity index (χ3n) is 3.38. The maximum Gasteiger partial charge on any atom is 0.305 e. The summed E-state index contributed by atoms with van der Waals surface area (Å²) in [6, 6.07) is -0.286. The number of carbonyl (C=O) groups excluding carboxylic acids is 1. The van der Waals surface area contributed by atoms with Gasteiger partial charge in [0, 0.05) is 12.6 Å². The Morgan fingerprint density at radius 2 is 2.06 bits per heavy atom. The molecule has 0 aromatic heterocycles. The second-order valence-electron chi connectivity index (χ2n) is 4.82. The minimum absolute atomic E-state index is 0.00450. The molecule has 0 aromatic rings. The molecule has 1 aliphatic carbocycles. The molecule has 0 radical (unpaired) electrons. The number of nitrogens with two attached hydrogens (primary N) is 1. The summed E-state index contributed by atoms with van der Waals surface area (Å²) >= 11 is 0. The number of hydrogen-bond acceptors (Lipinski definition) is 3. The fourth-order valence-electron chi connectivity index (χ4n) is 1.76. The lowest BCUT2D eigenvalue weighted by atomic mass is 9.98. The SMILES string of the molecule is CCC(C)C(N)C(=O)N(CCC(=O)O)C1CC1. The van der Waals surface area contributed by atoms with Gasteiger partial charge in [-0.05, 0) is 18.8 Å². The van der Waals surface area contributed by atoms with Crippen LogP contribution in [0.15, 0.2) is 0 Å². The maximum atomic E-state index is 12.1. The van der Waals surface area contributed by atoms with E-state index in [0.29, 0.717) is 0 Å². The number of carbonyl (C=O) groups is 2. The molecule has 2 atom stereocenters. The highest BCUT2D eigenvalue weighted by Crippen LogP contribution is 2.28. The highest BCUT2D eigenvalue weighted by Gasteiger charge is 2.35. The summed E-state index contributed by atoms with van der Waals surface area (Å²) < 4.78 is 0. The molecule has 2 unspecified atom stereocenters. The van der Waals surface area contributed by atoms with Crippen molar-refractivity contribution in [2.24, 2.45) is 11.7 Å². The lowest BCUT2D eigenvalue weighted by Gasteiger charge is -2.27. The Hall–Kier alpha value is -1.10. The molecule has 1 amide bonds. The first-order valence-electron chi connectivity index (χ1n) is 6.25. The lowest BCUT2D eigenvalue weighted by molar-refractivity contribution is -0.139. The highest BCUT2D eigenvalue weighted by atomic mass is 16.4.